The van der Waals surface area contributed by atoms with E-state index in [0.717, 1.165) is 51.6 Å². The zero-order valence-electron chi connectivity index (χ0n) is 19.1. The van der Waals surface area contributed by atoms with Gasteiger partial charge in [-0.05, 0) is 62.8 Å². The van der Waals surface area contributed by atoms with E-state index >= 15 is 0 Å². The number of nitriles is 1. The van der Waals surface area contributed by atoms with Crippen LogP contribution in [-0.4, -0.2) is 52.4 Å². The summed E-state index contributed by atoms with van der Waals surface area (Å²) < 4.78 is 6.01. The predicted octanol–water partition coefficient (Wildman–Crippen LogP) is 3.42. The maximum atomic E-state index is 12.7. The fourth-order valence-electron chi connectivity index (χ4n) is 5.40. The lowest BCUT2D eigenvalue weighted by atomic mass is 9.58. The number of carboxylic acids is 1. The number of amides is 1. The van der Waals surface area contributed by atoms with Gasteiger partial charge >= 0.3 is 5.97 Å². The molecule has 0 unspecified atom stereocenters. The summed E-state index contributed by atoms with van der Waals surface area (Å²) in [5, 5.41) is 29.8. The number of aromatic nitrogens is 2. The Morgan fingerprint density at radius 1 is 1.14 bits per heavy atom. The molecular formula is C25H26ClN5O4. The van der Waals surface area contributed by atoms with E-state index in [9.17, 15) is 9.59 Å². The van der Waals surface area contributed by atoms with Crippen molar-refractivity contribution in [2.24, 2.45) is 11.3 Å². The highest BCUT2D eigenvalue weighted by molar-refractivity contribution is 6.31. The Kier molecular flexibility index (Phi) is 6.24. The number of carbonyl (C=O) groups is 2. The van der Waals surface area contributed by atoms with Crippen LogP contribution in [-0.2, 0) is 4.79 Å². The Bertz CT molecular complexity index is 1160. The summed E-state index contributed by atoms with van der Waals surface area (Å²) in [5.74, 6) is 0.193. The maximum Gasteiger partial charge on any atom is 0.306 e. The molecule has 1 spiro atoms. The van der Waals surface area contributed by atoms with Crippen LogP contribution in [0.25, 0.3) is 0 Å². The first-order chi connectivity index (χ1) is 16.8. The summed E-state index contributed by atoms with van der Waals surface area (Å²) in [5.41, 5.74) is 0.808. The lowest BCUT2D eigenvalue weighted by Gasteiger charge is -2.58. The molecule has 1 saturated heterocycles. The summed E-state index contributed by atoms with van der Waals surface area (Å²) in [6.45, 7) is 1.58. The minimum absolute atomic E-state index is 0.0347. The van der Waals surface area contributed by atoms with Gasteiger partial charge in [0.2, 0.25) is 0 Å². The molecule has 2 aromatic rings. The third kappa shape index (κ3) is 4.89. The second-order valence-corrected chi connectivity index (χ2v) is 10.3. The van der Waals surface area contributed by atoms with Crippen LogP contribution in [0, 0.1) is 22.7 Å². The van der Waals surface area contributed by atoms with E-state index in [-0.39, 0.29) is 35.1 Å². The van der Waals surface area contributed by atoms with Gasteiger partial charge < -0.3 is 20.1 Å². The lowest BCUT2D eigenvalue weighted by Crippen LogP contribution is -2.63. The number of rotatable bonds is 6. The Labute approximate surface area is 208 Å². The molecule has 2 saturated carbocycles. The van der Waals surface area contributed by atoms with Crippen molar-refractivity contribution < 1.29 is 19.4 Å². The standard InChI is InChI=1S/C25H26ClN5O4/c26-20-9-19(4-1-15(20)12-27)35-18-5-2-17(3-6-18)28-23(32)21-7-8-22(30-29-21)31-13-25(14-31)10-16(11-25)24(33)34/h1,4,7-9,16-18H,2-3,5-6,10-11,13-14H2,(H,28,32)(H,33,34). The number of hydrogen-bond acceptors (Lipinski definition) is 7. The van der Waals surface area contributed by atoms with Crippen molar-refractivity contribution in [3.63, 3.8) is 0 Å². The Balaban J connectivity index is 1.06. The van der Waals surface area contributed by atoms with E-state index in [4.69, 9.17) is 26.7 Å². The number of hydrogen-bond donors (Lipinski definition) is 2. The van der Waals surface area contributed by atoms with Gasteiger partial charge in [0, 0.05) is 30.6 Å². The lowest BCUT2D eigenvalue weighted by molar-refractivity contribution is -0.151. The average molecular weight is 496 g/mol. The number of carboxylic acid groups (broad SMARTS) is 1. The van der Waals surface area contributed by atoms with E-state index in [0.29, 0.717) is 22.2 Å². The smallest absolute Gasteiger partial charge is 0.306 e. The highest BCUT2D eigenvalue weighted by Gasteiger charge is 2.54. The van der Waals surface area contributed by atoms with Crippen molar-refractivity contribution in [2.45, 2.75) is 50.7 Å². The van der Waals surface area contributed by atoms with Crippen molar-refractivity contribution in [3.05, 3.63) is 46.6 Å². The number of nitrogens with one attached hydrogen (secondary N) is 1. The van der Waals surface area contributed by atoms with Crippen molar-refractivity contribution >= 4 is 29.3 Å². The molecular weight excluding hydrogens is 470 g/mol. The Hall–Kier alpha value is -3.38. The Morgan fingerprint density at radius 2 is 1.89 bits per heavy atom. The normalized spacial score (nSPS) is 23.0. The van der Waals surface area contributed by atoms with Crippen LogP contribution in [0.15, 0.2) is 30.3 Å². The van der Waals surface area contributed by atoms with Crippen molar-refractivity contribution in [2.75, 3.05) is 18.0 Å². The molecule has 3 aliphatic rings. The number of anilines is 1. The second-order valence-electron chi connectivity index (χ2n) is 9.89. The molecule has 1 aliphatic heterocycles. The Morgan fingerprint density at radius 3 is 2.49 bits per heavy atom. The van der Waals surface area contributed by atoms with Crippen LogP contribution in [0.5, 0.6) is 5.75 Å². The third-order valence-electron chi connectivity index (χ3n) is 7.34. The first kappa shape index (κ1) is 23.4. The number of carbonyl (C=O) groups excluding carboxylic acids is 1. The van der Waals surface area contributed by atoms with Crippen LogP contribution in [0.1, 0.15) is 54.6 Å². The van der Waals surface area contributed by atoms with Crippen LogP contribution < -0.4 is 15.0 Å². The van der Waals surface area contributed by atoms with Gasteiger partial charge in [-0.25, -0.2) is 0 Å². The van der Waals surface area contributed by atoms with Gasteiger partial charge in [0.15, 0.2) is 11.5 Å². The number of nitrogens with zero attached hydrogens (tertiary/aromatic N) is 4. The van der Waals surface area contributed by atoms with Crippen LogP contribution in [0.4, 0.5) is 5.82 Å². The monoisotopic (exact) mass is 495 g/mol. The van der Waals surface area contributed by atoms with Gasteiger partial charge in [-0.1, -0.05) is 11.6 Å². The molecule has 1 aromatic heterocycles. The van der Waals surface area contributed by atoms with Crippen molar-refractivity contribution in [1.29, 1.82) is 5.26 Å². The van der Waals surface area contributed by atoms with Gasteiger partial charge in [0.1, 0.15) is 11.8 Å². The first-order valence-corrected chi connectivity index (χ1v) is 12.2. The van der Waals surface area contributed by atoms with Gasteiger partial charge in [-0.3, -0.25) is 9.59 Å². The van der Waals surface area contributed by atoms with Gasteiger partial charge in [-0.2, -0.15) is 5.26 Å². The molecule has 2 N–H and O–H groups in total. The quantitative estimate of drug-likeness (QED) is 0.623. The zero-order valence-corrected chi connectivity index (χ0v) is 19.9. The predicted molar refractivity (Wildman–Crippen MR) is 127 cm³/mol. The molecule has 3 fully saturated rings. The van der Waals surface area contributed by atoms with E-state index in [1.807, 2.05) is 6.07 Å². The molecule has 2 aliphatic carbocycles. The van der Waals surface area contributed by atoms with Crippen molar-refractivity contribution in [3.8, 4) is 11.8 Å². The minimum atomic E-state index is -0.707. The fourth-order valence-corrected chi connectivity index (χ4v) is 5.61. The molecule has 1 aromatic carbocycles. The third-order valence-corrected chi connectivity index (χ3v) is 7.65. The minimum Gasteiger partial charge on any atom is -0.490 e. The number of aliphatic carboxylic acids is 1. The van der Waals surface area contributed by atoms with Crippen LogP contribution in [0.2, 0.25) is 5.02 Å². The fraction of sp³-hybridized carbons (Fsp3) is 0.480. The molecule has 0 atom stereocenters. The van der Waals surface area contributed by atoms with Crippen molar-refractivity contribution in [1.82, 2.24) is 15.5 Å². The molecule has 9 nitrogen and oxygen atoms in total. The van der Waals surface area contributed by atoms with Gasteiger partial charge in [-0.15, -0.1) is 10.2 Å². The molecule has 10 heteroatoms. The molecule has 2 heterocycles. The first-order valence-electron chi connectivity index (χ1n) is 11.8. The summed E-state index contributed by atoms with van der Waals surface area (Å²) in [4.78, 5) is 25.8. The summed E-state index contributed by atoms with van der Waals surface area (Å²) in [7, 11) is 0. The largest absolute Gasteiger partial charge is 0.490 e. The second kappa shape index (κ2) is 9.34. The van der Waals surface area contributed by atoms with E-state index < -0.39 is 5.97 Å². The number of ether oxygens (including phenoxy) is 1. The molecule has 1 amide bonds. The van der Waals surface area contributed by atoms with E-state index in [2.05, 4.69) is 20.4 Å². The molecule has 0 radical (unpaired) electrons. The highest BCUT2D eigenvalue weighted by atomic mass is 35.5. The van der Waals surface area contributed by atoms with Crippen LogP contribution >= 0.6 is 11.6 Å². The molecule has 182 valence electrons. The zero-order chi connectivity index (χ0) is 24.6. The van der Waals surface area contributed by atoms with Gasteiger partial charge in [0.05, 0.1) is 22.6 Å². The van der Waals surface area contributed by atoms with E-state index in [1.54, 1.807) is 30.3 Å². The summed E-state index contributed by atoms with van der Waals surface area (Å²) in [6, 6.07) is 10.6. The number of halogens is 1. The molecule has 0 bridgehead atoms. The summed E-state index contributed by atoms with van der Waals surface area (Å²) in [6.07, 6.45) is 4.66. The highest BCUT2D eigenvalue weighted by Crippen LogP contribution is 2.52. The van der Waals surface area contributed by atoms with Gasteiger partial charge in [0.25, 0.3) is 5.91 Å². The maximum absolute atomic E-state index is 12.7. The van der Waals surface area contributed by atoms with Crippen LogP contribution in [0.3, 0.4) is 0 Å². The topological polar surface area (TPSA) is 128 Å². The molecule has 35 heavy (non-hydrogen) atoms. The van der Waals surface area contributed by atoms with E-state index in [1.165, 1.54) is 0 Å². The number of benzene rings is 1. The SMILES string of the molecule is N#Cc1ccc(OC2CCC(NC(=O)c3ccc(N4CC5(CC(C(=O)O)C5)C4)nn3)CC2)cc1Cl. The average Bonchev–Trinajstić information content (AvgIpc) is 2.79. The molecule has 5 rings (SSSR count). The summed E-state index contributed by atoms with van der Waals surface area (Å²) >= 11 is 6.08.